The van der Waals surface area contributed by atoms with Crippen molar-refractivity contribution in [1.29, 1.82) is 0 Å². The Morgan fingerprint density at radius 3 is 2.56 bits per heavy atom. The third-order valence-electron chi connectivity index (χ3n) is 5.32. The summed E-state index contributed by atoms with van der Waals surface area (Å²) in [5.41, 5.74) is 4.85. The van der Waals surface area contributed by atoms with Gasteiger partial charge in [-0.3, -0.25) is 5.10 Å². The van der Waals surface area contributed by atoms with Gasteiger partial charge in [0.25, 0.3) is 0 Å². The van der Waals surface area contributed by atoms with Gasteiger partial charge in [-0.15, -0.1) is 0 Å². The van der Waals surface area contributed by atoms with Crippen LogP contribution in [0.2, 0.25) is 0 Å². The van der Waals surface area contributed by atoms with Gasteiger partial charge in [0.1, 0.15) is 12.1 Å². The van der Waals surface area contributed by atoms with E-state index in [1.807, 2.05) is 43.3 Å². The van der Waals surface area contributed by atoms with E-state index >= 15 is 0 Å². The third kappa shape index (κ3) is 4.37. The van der Waals surface area contributed by atoms with Gasteiger partial charge in [0.15, 0.2) is 5.82 Å². The number of aromatic amines is 1. The van der Waals surface area contributed by atoms with Gasteiger partial charge in [-0.1, -0.05) is 12.1 Å². The molecule has 1 saturated heterocycles. The molecule has 3 heterocycles. The van der Waals surface area contributed by atoms with Gasteiger partial charge < -0.3 is 20.3 Å². The van der Waals surface area contributed by atoms with Gasteiger partial charge in [-0.25, -0.2) is 9.97 Å². The number of H-pyrrole nitrogens is 1. The zero-order valence-electron chi connectivity index (χ0n) is 17.7. The minimum absolute atomic E-state index is 0.523. The van der Waals surface area contributed by atoms with Gasteiger partial charge >= 0.3 is 0 Å². The summed E-state index contributed by atoms with van der Waals surface area (Å²) in [4.78, 5) is 15.7. The highest BCUT2D eigenvalue weighted by Crippen LogP contribution is 2.29. The number of morpholine rings is 1. The van der Waals surface area contributed by atoms with Crippen molar-refractivity contribution >= 4 is 28.8 Å². The van der Waals surface area contributed by atoms with Crippen LogP contribution in [-0.4, -0.2) is 51.5 Å². The molecule has 32 heavy (non-hydrogen) atoms. The smallest absolute Gasteiger partial charge is 0.229 e. The molecule has 0 atom stereocenters. The Morgan fingerprint density at radius 2 is 1.78 bits per heavy atom. The van der Waals surface area contributed by atoms with Crippen molar-refractivity contribution in [2.75, 3.05) is 41.8 Å². The number of para-hydroxylation sites is 1. The highest BCUT2D eigenvalue weighted by atomic mass is 16.5. The molecule has 1 aliphatic heterocycles. The summed E-state index contributed by atoms with van der Waals surface area (Å²) in [5.74, 6) is 1.94. The maximum atomic E-state index is 5.43. The van der Waals surface area contributed by atoms with E-state index in [4.69, 9.17) is 9.72 Å². The van der Waals surface area contributed by atoms with Crippen molar-refractivity contribution < 1.29 is 4.74 Å². The van der Waals surface area contributed by atoms with Crippen LogP contribution in [0.5, 0.6) is 0 Å². The molecular formula is C23H24N8O. The second-order valence-electron chi connectivity index (χ2n) is 7.50. The molecule has 0 spiro atoms. The molecule has 3 N–H and O–H groups in total. The van der Waals surface area contributed by atoms with Gasteiger partial charge in [-0.2, -0.15) is 10.1 Å². The van der Waals surface area contributed by atoms with Crippen LogP contribution < -0.4 is 15.5 Å². The van der Waals surface area contributed by atoms with Gasteiger partial charge in [0.05, 0.1) is 18.9 Å². The van der Waals surface area contributed by atoms with E-state index in [2.05, 4.69) is 47.8 Å². The molecule has 9 heteroatoms. The summed E-state index contributed by atoms with van der Waals surface area (Å²) >= 11 is 0. The van der Waals surface area contributed by atoms with Gasteiger partial charge in [0.2, 0.25) is 5.95 Å². The lowest BCUT2D eigenvalue weighted by Crippen LogP contribution is -2.36. The topological polar surface area (TPSA) is 104 Å². The van der Waals surface area contributed by atoms with Crippen LogP contribution in [0, 0.1) is 6.92 Å². The Kier molecular flexibility index (Phi) is 5.63. The van der Waals surface area contributed by atoms with Crippen LogP contribution in [0.1, 0.15) is 5.56 Å². The van der Waals surface area contributed by atoms with Crippen LogP contribution in [-0.2, 0) is 4.74 Å². The van der Waals surface area contributed by atoms with Crippen molar-refractivity contribution in [3.05, 3.63) is 66.6 Å². The van der Waals surface area contributed by atoms with Crippen molar-refractivity contribution in [1.82, 2.24) is 25.1 Å². The highest BCUT2D eigenvalue weighted by molar-refractivity contribution is 5.77. The fraction of sp³-hybridized carbons (Fsp3) is 0.217. The average Bonchev–Trinajstić information content (AvgIpc) is 3.38. The monoisotopic (exact) mass is 428 g/mol. The number of hydrogen-bond acceptors (Lipinski definition) is 8. The standard InChI is InChI=1S/C23H24N8O/c1-16-14-24-23(27-17-6-8-18(9-7-17)31-10-12-32-13-11-31)29-21(16)28-20-5-3-2-4-19(20)22-25-15-26-30-22/h2-9,14-15H,10-13H2,1H3,(H,25,26,30)(H2,24,27,28,29). The first kappa shape index (κ1) is 20.0. The first-order valence-electron chi connectivity index (χ1n) is 10.5. The molecule has 0 saturated carbocycles. The van der Waals surface area contributed by atoms with Crippen LogP contribution in [0.4, 0.5) is 28.8 Å². The number of nitrogens with zero attached hydrogens (tertiary/aromatic N) is 5. The Hall–Kier alpha value is -3.98. The molecule has 2 aromatic carbocycles. The minimum Gasteiger partial charge on any atom is -0.378 e. The Labute approximate surface area is 185 Å². The van der Waals surface area contributed by atoms with E-state index in [9.17, 15) is 0 Å². The normalized spacial score (nSPS) is 13.7. The molecule has 9 nitrogen and oxygen atoms in total. The molecule has 0 amide bonds. The van der Waals surface area contributed by atoms with E-state index in [1.165, 1.54) is 12.0 Å². The molecule has 1 aliphatic rings. The van der Waals surface area contributed by atoms with Crippen LogP contribution >= 0.6 is 0 Å². The van der Waals surface area contributed by atoms with Gasteiger partial charge in [-0.05, 0) is 43.3 Å². The number of aryl methyl sites for hydroxylation is 1. The number of nitrogens with one attached hydrogen (secondary N) is 3. The summed E-state index contributed by atoms with van der Waals surface area (Å²) in [6, 6.07) is 16.2. The van der Waals surface area contributed by atoms with Crippen molar-refractivity contribution in [3.63, 3.8) is 0 Å². The second-order valence-corrected chi connectivity index (χ2v) is 7.50. The molecule has 4 aromatic rings. The molecule has 0 bridgehead atoms. The maximum Gasteiger partial charge on any atom is 0.229 e. The number of benzene rings is 2. The zero-order chi connectivity index (χ0) is 21.8. The largest absolute Gasteiger partial charge is 0.378 e. The number of anilines is 5. The van der Waals surface area contributed by atoms with Crippen molar-refractivity contribution in [3.8, 4) is 11.4 Å². The SMILES string of the molecule is Cc1cnc(Nc2ccc(N3CCOCC3)cc2)nc1Nc1ccccc1-c1ncn[nH]1. The molecular weight excluding hydrogens is 404 g/mol. The van der Waals surface area contributed by atoms with E-state index in [-0.39, 0.29) is 0 Å². The summed E-state index contributed by atoms with van der Waals surface area (Å²) in [6.45, 7) is 5.34. The first-order valence-corrected chi connectivity index (χ1v) is 10.5. The minimum atomic E-state index is 0.523. The lowest BCUT2D eigenvalue weighted by atomic mass is 10.1. The third-order valence-corrected chi connectivity index (χ3v) is 5.32. The fourth-order valence-electron chi connectivity index (χ4n) is 3.60. The molecule has 162 valence electrons. The first-order chi connectivity index (χ1) is 15.8. The number of hydrogen-bond donors (Lipinski definition) is 3. The summed E-state index contributed by atoms with van der Waals surface area (Å²) < 4.78 is 5.43. The predicted octanol–water partition coefficient (Wildman–Crippen LogP) is 3.89. The fourth-order valence-corrected chi connectivity index (χ4v) is 3.60. The summed E-state index contributed by atoms with van der Waals surface area (Å²) in [7, 11) is 0. The summed E-state index contributed by atoms with van der Waals surface area (Å²) in [6.07, 6.45) is 3.30. The summed E-state index contributed by atoms with van der Waals surface area (Å²) in [5, 5.41) is 13.6. The van der Waals surface area contributed by atoms with Gasteiger partial charge in [0, 0.05) is 41.8 Å². The number of rotatable bonds is 6. The van der Waals surface area contributed by atoms with Crippen LogP contribution in [0.3, 0.4) is 0 Å². The van der Waals surface area contributed by atoms with E-state index < -0.39 is 0 Å². The Bertz CT molecular complexity index is 1170. The number of aromatic nitrogens is 5. The van der Waals surface area contributed by atoms with Crippen LogP contribution in [0.25, 0.3) is 11.4 Å². The van der Waals surface area contributed by atoms with E-state index in [1.54, 1.807) is 6.20 Å². The second kappa shape index (κ2) is 9.03. The Morgan fingerprint density at radius 1 is 0.969 bits per heavy atom. The number of ether oxygens (including phenoxy) is 1. The van der Waals surface area contributed by atoms with Crippen molar-refractivity contribution in [2.45, 2.75) is 6.92 Å². The molecule has 5 rings (SSSR count). The van der Waals surface area contributed by atoms with E-state index in [0.29, 0.717) is 11.8 Å². The molecule has 0 aliphatic carbocycles. The maximum absolute atomic E-state index is 5.43. The lowest BCUT2D eigenvalue weighted by Gasteiger charge is -2.28. The molecule has 2 aromatic heterocycles. The average molecular weight is 429 g/mol. The molecule has 1 fully saturated rings. The molecule has 0 radical (unpaired) electrons. The van der Waals surface area contributed by atoms with Crippen LogP contribution in [0.15, 0.2) is 61.1 Å². The predicted molar refractivity (Wildman–Crippen MR) is 125 cm³/mol. The van der Waals surface area contributed by atoms with E-state index in [0.717, 1.165) is 54.6 Å². The quantitative estimate of drug-likeness (QED) is 0.425. The highest BCUT2D eigenvalue weighted by Gasteiger charge is 2.12. The van der Waals surface area contributed by atoms with Crippen molar-refractivity contribution in [2.24, 2.45) is 0 Å². The lowest BCUT2D eigenvalue weighted by molar-refractivity contribution is 0.122. The zero-order valence-corrected chi connectivity index (χ0v) is 17.7. The Balaban J connectivity index is 1.34. The molecule has 0 unspecified atom stereocenters.